The maximum absolute atomic E-state index is 12.3. The highest BCUT2D eigenvalue weighted by molar-refractivity contribution is 5.84. The van der Waals surface area contributed by atoms with E-state index >= 15 is 0 Å². The third-order valence-electron chi connectivity index (χ3n) is 3.88. The molecule has 5 nitrogen and oxygen atoms in total. The first-order chi connectivity index (χ1) is 9.88. The molecule has 1 aliphatic heterocycles. The predicted octanol–water partition coefficient (Wildman–Crippen LogP) is 1.87. The molecular formula is C16H23N3O2. The van der Waals surface area contributed by atoms with E-state index in [1.165, 1.54) is 6.33 Å². The Morgan fingerprint density at radius 1 is 1.29 bits per heavy atom. The molecule has 0 saturated carbocycles. The van der Waals surface area contributed by atoms with Crippen LogP contribution in [0.1, 0.15) is 39.3 Å². The van der Waals surface area contributed by atoms with E-state index in [9.17, 15) is 9.59 Å². The molecule has 0 spiro atoms. The summed E-state index contributed by atoms with van der Waals surface area (Å²) in [6.45, 7) is 7.15. The van der Waals surface area contributed by atoms with E-state index in [0.717, 1.165) is 18.5 Å². The second-order valence-corrected chi connectivity index (χ2v) is 6.66. The molecule has 0 radical (unpaired) electrons. The number of rotatable bonds is 3. The van der Waals surface area contributed by atoms with E-state index in [4.69, 9.17) is 0 Å². The van der Waals surface area contributed by atoms with Gasteiger partial charge in [0.25, 0.3) is 0 Å². The van der Waals surface area contributed by atoms with Gasteiger partial charge in [-0.25, -0.2) is 9.97 Å². The molecule has 1 amide bonds. The minimum Gasteiger partial charge on any atom is -0.342 e. The van der Waals surface area contributed by atoms with E-state index in [1.54, 1.807) is 12.3 Å². The zero-order valence-corrected chi connectivity index (χ0v) is 13.0. The number of ketones is 1. The van der Waals surface area contributed by atoms with Crippen molar-refractivity contribution in [2.75, 3.05) is 13.1 Å². The van der Waals surface area contributed by atoms with Gasteiger partial charge >= 0.3 is 0 Å². The monoisotopic (exact) mass is 289 g/mol. The van der Waals surface area contributed by atoms with Gasteiger partial charge < -0.3 is 4.90 Å². The van der Waals surface area contributed by atoms with Crippen LogP contribution in [-0.2, 0) is 16.0 Å². The fraction of sp³-hybridized carbons (Fsp3) is 0.625. The number of nitrogens with zero attached hydrogens (tertiary/aromatic N) is 3. The Labute approximate surface area is 125 Å². The molecule has 1 aromatic rings. The van der Waals surface area contributed by atoms with Crippen molar-refractivity contribution in [3.05, 3.63) is 24.3 Å². The van der Waals surface area contributed by atoms with Crippen molar-refractivity contribution in [3.63, 3.8) is 0 Å². The van der Waals surface area contributed by atoms with Crippen molar-refractivity contribution < 1.29 is 9.59 Å². The summed E-state index contributed by atoms with van der Waals surface area (Å²) in [6.07, 6.45) is 4.99. The molecule has 2 heterocycles. The molecule has 1 saturated heterocycles. The van der Waals surface area contributed by atoms with Crippen molar-refractivity contribution >= 4 is 11.7 Å². The topological polar surface area (TPSA) is 63.2 Å². The summed E-state index contributed by atoms with van der Waals surface area (Å²) in [5.74, 6) is 0.435. The molecule has 114 valence electrons. The molecule has 5 heteroatoms. The minimum atomic E-state index is -0.349. The lowest BCUT2D eigenvalue weighted by molar-refractivity contribution is -0.142. The summed E-state index contributed by atoms with van der Waals surface area (Å²) in [5.41, 5.74) is 0.417. The first-order valence-electron chi connectivity index (χ1n) is 7.45. The molecule has 0 bridgehead atoms. The van der Waals surface area contributed by atoms with Crippen LogP contribution in [0.15, 0.2) is 18.6 Å². The van der Waals surface area contributed by atoms with Crippen molar-refractivity contribution in [1.82, 2.24) is 14.9 Å². The fourth-order valence-corrected chi connectivity index (χ4v) is 2.62. The lowest BCUT2D eigenvalue weighted by Gasteiger charge is -2.35. The Hall–Kier alpha value is -1.78. The molecule has 0 aliphatic carbocycles. The molecule has 1 aromatic heterocycles. The third-order valence-corrected chi connectivity index (χ3v) is 3.88. The lowest BCUT2D eigenvalue weighted by atomic mass is 9.88. The smallest absolute Gasteiger partial charge is 0.227 e. The first kappa shape index (κ1) is 15.6. The molecular weight excluding hydrogens is 266 g/mol. The maximum atomic E-state index is 12.3. The Balaban J connectivity index is 1.86. The van der Waals surface area contributed by atoms with Gasteiger partial charge in [0.2, 0.25) is 5.91 Å². The Morgan fingerprint density at radius 2 is 1.95 bits per heavy atom. The minimum absolute atomic E-state index is 0.0454. The van der Waals surface area contributed by atoms with Crippen LogP contribution in [0.3, 0.4) is 0 Å². The molecule has 21 heavy (non-hydrogen) atoms. The zero-order valence-electron chi connectivity index (χ0n) is 13.0. The zero-order chi connectivity index (χ0) is 15.5. The summed E-state index contributed by atoms with van der Waals surface area (Å²) in [6, 6.07) is 1.77. The number of likely N-dealkylation sites (tertiary alicyclic amines) is 1. The van der Waals surface area contributed by atoms with E-state index < -0.39 is 0 Å². The molecule has 1 fully saturated rings. The van der Waals surface area contributed by atoms with Crippen molar-refractivity contribution in [1.29, 1.82) is 0 Å². The SMILES string of the molecule is CC(C)(C)C(=O)N1CCC(C(=O)Cc2ccncn2)CC1. The predicted molar refractivity (Wildman–Crippen MR) is 79.5 cm³/mol. The molecule has 2 rings (SSSR count). The average molecular weight is 289 g/mol. The average Bonchev–Trinajstić information content (AvgIpc) is 2.46. The van der Waals surface area contributed by atoms with Crippen LogP contribution >= 0.6 is 0 Å². The van der Waals surface area contributed by atoms with Crippen LogP contribution in [0, 0.1) is 11.3 Å². The number of hydrogen-bond acceptors (Lipinski definition) is 4. The van der Waals surface area contributed by atoms with Gasteiger partial charge in [0.15, 0.2) is 0 Å². The quantitative estimate of drug-likeness (QED) is 0.852. The standard InChI is InChI=1S/C16H23N3O2/c1-16(2,3)15(21)19-8-5-12(6-9-19)14(20)10-13-4-7-17-11-18-13/h4,7,11-12H,5-6,8-10H2,1-3H3. The van der Waals surface area contributed by atoms with Crippen LogP contribution in [0.4, 0.5) is 0 Å². The first-order valence-corrected chi connectivity index (χ1v) is 7.45. The van der Waals surface area contributed by atoms with E-state index in [-0.39, 0.29) is 23.0 Å². The number of Topliss-reactive ketones (excluding diaryl/α,β-unsaturated/α-hetero) is 1. The van der Waals surface area contributed by atoms with Gasteiger partial charge in [-0.2, -0.15) is 0 Å². The highest BCUT2D eigenvalue weighted by Gasteiger charge is 2.32. The molecule has 0 atom stereocenters. The van der Waals surface area contributed by atoms with Gasteiger partial charge in [0.1, 0.15) is 12.1 Å². The van der Waals surface area contributed by atoms with Crippen LogP contribution in [0.25, 0.3) is 0 Å². The van der Waals surface area contributed by atoms with Crippen molar-refractivity contribution in [3.8, 4) is 0 Å². The normalized spacial score (nSPS) is 16.8. The van der Waals surface area contributed by atoms with E-state index in [2.05, 4.69) is 9.97 Å². The molecule has 1 aliphatic rings. The van der Waals surface area contributed by atoms with E-state index in [0.29, 0.717) is 19.5 Å². The number of hydrogen-bond donors (Lipinski definition) is 0. The molecule has 0 N–H and O–H groups in total. The summed E-state index contributed by atoms with van der Waals surface area (Å²) in [4.78, 5) is 34.3. The number of carbonyl (C=O) groups excluding carboxylic acids is 2. The van der Waals surface area contributed by atoms with Gasteiger partial charge in [0, 0.05) is 37.0 Å². The molecule has 0 unspecified atom stereocenters. The highest BCUT2D eigenvalue weighted by Crippen LogP contribution is 2.24. The van der Waals surface area contributed by atoms with E-state index in [1.807, 2.05) is 25.7 Å². The van der Waals surface area contributed by atoms with Crippen LogP contribution < -0.4 is 0 Å². The number of amides is 1. The Bertz CT molecular complexity index is 500. The van der Waals surface area contributed by atoms with Crippen LogP contribution in [0.2, 0.25) is 0 Å². The lowest BCUT2D eigenvalue weighted by Crippen LogP contribution is -2.45. The fourth-order valence-electron chi connectivity index (χ4n) is 2.62. The Morgan fingerprint density at radius 3 is 2.48 bits per heavy atom. The second kappa shape index (κ2) is 6.33. The van der Waals surface area contributed by atoms with Gasteiger partial charge in [0.05, 0.1) is 5.69 Å². The highest BCUT2D eigenvalue weighted by atomic mass is 16.2. The summed E-state index contributed by atoms with van der Waals surface area (Å²) in [5, 5.41) is 0. The maximum Gasteiger partial charge on any atom is 0.227 e. The van der Waals surface area contributed by atoms with Gasteiger partial charge in [-0.05, 0) is 18.9 Å². The summed E-state index contributed by atoms with van der Waals surface area (Å²) >= 11 is 0. The number of piperidine rings is 1. The molecule has 0 aromatic carbocycles. The summed E-state index contributed by atoms with van der Waals surface area (Å²) in [7, 11) is 0. The third kappa shape index (κ3) is 4.09. The van der Waals surface area contributed by atoms with Crippen molar-refractivity contribution in [2.45, 2.75) is 40.0 Å². The Kier molecular flexibility index (Phi) is 4.70. The van der Waals surface area contributed by atoms with Gasteiger partial charge in [-0.3, -0.25) is 9.59 Å². The van der Waals surface area contributed by atoms with Gasteiger partial charge in [-0.1, -0.05) is 20.8 Å². The van der Waals surface area contributed by atoms with Crippen molar-refractivity contribution in [2.24, 2.45) is 11.3 Å². The largest absolute Gasteiger partial charge is 0.342 e. The van der Waals surface area contributed by atoms with Crippen LogP contribution in [0.5, 0.6) is 0 Å². The second-order valence-electron chi connectivity index (χ2n) is 6.66. The number of aromatic nitrogens is 2. The summed E-state index contributed by atoms with van der Waals surface area (Å²) < 4.78 is 0. The van der Waals surface area contributed by atoms with Crippen LogP contribution in [-0.4, -0.2) is 39.6 Å². The van der Waals surface area contributed by atoms with Gasteiger partial charge in [-0.15, -0.1) is 0 Å². The number of carbonyl (C=O) groups is 2.